The average Bonchev–Trinajstić information content (AvgIpc) is 1.81. The largest absolute Gasteiger partial charge is 0.368 e. The van der Waals surface area contributed by atoms with Crippen molar-refractivity contribution < 1.29 is 9.53 Å². The van der Waals surface area contributed by atoms with Crippen LogP contribution in [0.1, 0.15) is 26.7 Å². The molecule has 3 heteroatoms. The van der Waals surface area contributed by atoms with E-state index >= 15 is 0 Å². The predicted molar refractivity (Wildman–Crippen MR) is 44.7 cm³/mol. The molecule has 1 amide bonds. The second kappa shape index (κ2) is 2.73. The molecule has 0 aromatic heterocycles. The highest BCUT2D eigenvalue weighted by molar-refractivity contribution is 5.83. The summed E-state index contributed by atoms with van der Waals surface area (Å²) in [7, 11) is 0. The van der Waals surface area contributed by atoms with E-state index in [0.29, 0.717) is 12.1 Å². The third-order valence-corrected chi connectivity index (χ3v) is 2.86. The summed E-state index contributed by atoms with van der Waals surface area (Å²) in [6, 6.07) is 0.855. The van der Waals surface area contributed by atoms with Gasteiger partial charge in [-0.15, -0.1) is 0 Å². The van der Waals surface area contributed by atoms with E-state index in [-0.39, 0.29) is 12.0 Å². The van der Waals surface area contributed by atoms with Gasteiger partial charge < -0.3 is 9.64 Å². The summed E-state index contributed by atoms with van der Waals surface area (Å²) in [6.07, 6.45) is 1.93. The molecule has 0 bridgehead atoms. The molecule has 0 radical (unpaired) electrons. The Kier molecular flexibility index (Phi) is 1.83. The Labute approximate surface area is 72.7 Å². The molecule has 68 valence electrons. The third-order valence-electron chi connectivity index (χ3n) is 2.86. The zero-order chi connectivity index (χ0) is 8.72. The van der Waals surface area contributed by atoms with Crippen LogP contribution in [0.5, 0.6) is 0 Å². The zero-order valence-corrected chi connectivity index (χ0v) is 7.62. The quantitative estimate of drug-likeness (QED) is 0.580. The molecule has 2 heterocycles. The van der Waals surface area contributed by atoms with Gasteiger partial charge >= 0.3 is 0 Å². The molecule has 0 N–H and O–H groups in total. The lowest BCUT2D eigenvalue weighted by Crippen LogP contribution is -2.60. The molecule has 2 aliphatic heterocycles. The molecule has 2 rings (SSSR count). The summed E-state index contributed by atoms with van der Waals surface area (Å²) >= 11 is 0. The van der Waals surface area contributed by atoms with Gasteiger partial charge in [0.2, 0.25) is 0 Å². The van der Waals surface area contributed by atoms with Gasteiger partial charge in [0.05, 0.1) is 6.61 Å². The number of amides is 1. The minimum absolute atomic E-state index is 0.116. The Bertz CT molecular complexity index is 193. The zero-order valence-electron chi connectivity index (χ0n) is 7.62. The van der Waals surface area contributed by atoms with Crippen LogP contribution < -0.4 is 0 Å². The van der Waals surface area contributed by atoms with Crippen molar-refractivity contribution in [1.82, 2.24) is 4.90 Å². The predicted octanol–water partition coefficient (Wildman–Crippen LogP) is 0.785. The highest BCUT2D eigenvalue weighted by Crippen LogP contribution is 2.28. The van der Waals surface area contributed by atoms with Gasteiger partial charge in [-0.05, 0) is 20.3 Å². The fraction of sp³-hybridized carbons (Fsp3) is 0.889. The maximum Gasteiger partial charge on any atom is 0.252 e. The topological polar surface area (TPSA) is 29.5 Å². The van der Waals surface area contributed by atoms with Crippen LogP contribution in [0.2, 0.25) is 0 Å². The van der Waals surface area contributed by atoms with E-state index < -0.39 is 0 Å². The van der Waals surface area contributed by atoms with Crippen molar-refractivity contribution in [3.05, 3.63) is 0 Å². The van der Waals surface area contributed by atoms with Gasteiger partial charge in [-0.3, -0.25) is 4.79 Å². The smallest absolute Gasteiger partial charge is 0.252 e. The number of ether oxygens (including phenoxy) is 1. The first-order chi connectivity index (χ1) is 5.70. The molecule has 2 aliphatic rings. The van der Waals surface area contributed by atoms with Crippen LogP contribution in [0.3, 0.4) is 0 Å². The molecule has 0 aromatic rings. The first-order valence-electron chi connectivity index (χ1n) is 4.64. The van der Waals surface area contributed by atoms with Gasteiger partial charge in [-0.2, -0.15) is 0 Å². The lowest BCUT2D eigenvalue weighted by Gasteiger charge is -2.47. The Morgan fingerprint density at radius 2 is 2.00 bits per heavy atom. The average molecular weight is 169 g/mol. The monoisotopic (exact) mass is 169 g/mol. The summed E-state index contributed by atoms with van der Waals surface area (Å²) < 4.78 is 5.15. The van der Waals surface area contributed by atoms with E-state index in [1.54, 1.807) is 0 Å². The van der Waals surface area contributed by atoms with E-state index in [1.165, 1.54) is 0 Å². The first-order valence-corrected chi connectivity index (χ1v) is 4.64. The van der Waals surface area contributed by atoms with Crippen LogP contribution in [0.25, 0.3) is 0 Å². The fourth-order valence-electron chi connectivity index (χ4n) is 2.05. The number of rotatable bonds is 1. The minimum Gasteiger partial charge on any atom is -0.368 e. The van der Waals surface area contributed by atoms with Crippen molar-refractivity contribution >= 4 is 5.91 Å². The summed E-state index contributed by atoms with van der Waals surface area (Å²) in [4.78, 5) is 13.6. The Morgan fingerprint density at radius 1 is 1.42 bits per heavy atom. The first kappa shape index (κ1) is 8.05. The van der Waals surface area contributed by atoms with Crippen molar-refractivity contribution in [1.29, 1.82) is 0 Å². The fourth-order valence-corrected chi connectivity index (χ4v) is 2.05. The molecule has 2 saturated heterocycles. The molecule has 2 fully saturated rings. The van der Waals surface area contributed by atoms with E-state index in [9.17, 15) is 4.79 Å². The second-order valence-electron chi connectivity index (χ2n) is 3.83. The number of nitrogens with zero attached hydrogens (tertiary/aromatic N) is 1. The van der Waals surface area contributed by atoms with Gasteiger partial charge in [0.15, 0.2) is 0 Å². The van der Waals surface area contributed by atoms with Crippen LogP contribution in [0.15, 0.2) is 0 Å². The number of carbonyl (C=O) groups is 1. The molecule has 0 saturated carbocycles. The van der Waals surface area contributed by atoms with Crippen molar-refractivity contribution in [2.75, 3.05) is 6.61 Å². The van der Waals surface area contributed by atoms with Gasteiger partial charge in [-0.1, -0.05) is 0 Å². The molecular formula is C9H15NO2. The summed E-state index contributed by atoms with van der Waals surface area (Å²) in [5.41, 5.74) is 0. The Hall–Kier alpha value is -0.570. The molecule has 0 aliphatic carbocycles. The van der Waals surface area contributed by atoms with Gasteiger partial charge in [0, 0.05) is 18.5 Å². The molecule has 3 unspecified atom stereocenters. The lowest BCUT2D eigenvalue weighted by molar-refractivity contribution is -0.167. The number of hydrogen-bond acceptors (Lipinski definition) is 2. The van der Waals surface area contributed by atoms with E-state index in [4.69, 9.17) is 4.74 Å². The van der Waals surface area contributed by atoms with Crippen molar-refractivity contribution in [2.24, 2.45) is 0 Å². The van der Waals surface area contributed by atoms with E-state index in [0.717, 1.165) is 19.4 Å². The maximum absolute atomic E-state index is 11.6. The lowest BCUT2D eigenvalue weighted by atomic mass is 9.94. The number of carbonyl (C=O) groups excluding carboxylic acids is 1. The molecule has 0 aromatic carbocycles. The van der Waals surface area contributed by atoms with E-state index in [2.05, 4.69) is 13.8 Å². The highest BCUT2D eigenvalue weighted by Gasteiger charge is 2.40. The van der Waals surface area contributed by atoms with E-state index in [1.807, 2.05) is 4.90 Å². The van der Waals surface area contributed by atoms with Crippen molar-refractivity contribution in [3.63, 3.8) is 0 Å². The SMILES string of the molecule is CC1CC(C)N1C(=O)C1CCO1. The van der Waals surface area contributed by atoms with Gasteiger partial charge in [0.25, 0.3) is 5.91 Å². The molecule has 3 nitrogen and oxygen atoms in total. The van der Waals surface area contributed by atoms with Crippen molar-refractivity contribution in [2.45, 2.75) is 44.9 Å². The number of likely N-dealkylation sites (tertiary alicyclic amines) is 1. The van der Waals surface area contributed by atoms with Gasteiger partial charge in [0.1, 0.15) is 6.10 Å². The number of hydrogen-bond donors (Lipinski definition) is 0. The third kappa shape index (κ3) is 1.04. The summed E-state index contributed by atoms with van der Waals surface area (Å²) in [5.74, 6) is 0.201. The summed E-state index contributed by atoms with van der Waals surface area (Å²) in [6.45, 7) is 4.94. The van der Waals surface area contributed by atoms with Crippen molar-refractivity contribution in [3.8, 4) is 0 Å². The Balaban J connectivity index is 1.94. The highest BCUT2D eigenvalue weighted by atomic mass is 16.5. The van der Waals surface area contributed by atoms with Gasteiger partial charge in [-0.25, -0.2) is 0 Å². The molecule has 3 atom stereocenters. The molecule has 12 heavy (non-hydrogen) atoms. The maximum atomic E-state index is 11.6. The Morgan fingerprint density at radius 3 is 2.33 bits per heavy atom. The van der Waals surface area contributed by atoms with Crippen LogP contribution in [0.4, 0.5) is 0 Å². The van der Waals surface area contributed by atoms with Crippen LogP contribution >= 0.6 is 0 Å². The normalized spacial score (nSPS) is 40.2. The second-order valence-corrected chi connectivity index (χ2v) is 3.83. The minimum atomic E-state index is -0.116. The van der Waals surface area contributed by atoms with Crippen LogP contribution in [-0.2, 0) is 9.53 Å². The summed E-state index contributed by atoms with van der Waals surface area (Å²) in [5, 5.41) is 0. The molecule has 0 spiro atoms. The van der Waals surface area contributed by atoms with Crippen LogP contribution in [-0.4, -0.2) is 35.6 Å². The molecular weight excluding hydrogens is 154 g/mol. The van der Waals surface area contributed by atoms with Crippen LogP contribution in [0, 0.1) is 0 Å². The standard InChI is InChI=1S/C9H15NO2/c1-6-5-7(2)10(6)9(11)8-3-4-12-8/h6-8H,3-5H2,1-2H3.